The Labute approximate surface area is 156 Å². The quantitative estimate of drug-likeness (QED) is 0.476. The predicted molar refractivity (Wildman–Crippen MR) is 109 cm³/mol. The molecule has 0 aliphatic heterocycles. The van der Waals surface area contributed by atoms with Crippen molar-refractivity contribution in [3.05, 3.63) is 84.9 Å². The van der Waals surface area contributed by atoms with E-state index in [4.69, 9.17) is 14.7 Å². The number of hydrogen-bond donors (Lipinski definition) is 2. The third kappa shape index (κ3) is 2.65. The number of rotatable bonds is 3. The molecule has 4 aromatic carbocycles. The summed E-state index contributed by atoms with van der Waals surface area (Å²) in [7, 11) is -1.84. The van der Waals surface area contributed by atoms with Crippen molar-refractivity contribution in [3.8, 4) is 11.4 Å². The summed E-state index contributed by atoms with van der Waals surface area (Å²) >= 11 is 0. The molecule has 1 aromatic heterocycles. The minimum Gasteiger partial charge on any atom is -0.512 e. The lowest BCUT2D eigenvalue weighted by Gasteiger charge is -2.10. The number of benzene rings is 4. The Morgan fingerprint density at radius 2 is 1.41 bits per heavy atom. The molecule has 0 saturated heterocycles. The van der Waals surface area contributed by atoms with Crippen LogP contribution in [0.15, 0.2) is 84.9 Å². The average Bonchev–Trinajstić information content (AvgIpc) is 3.01. The maximum absolute atomic E-state index is 9.10. The third-order valence-electron chi connectivity index (χ3n) is 4.88. The zero-order valence-electron chi connectivity index (χ0n) is 14.4. The molecule has 130 valence electrons. The van der Waals surface area contributed by atoms with E-state index in [-0.39, 0.29) is 0 Å². The third-order valence-corrected chi connectivity index (χ3v) is 4.88. The van der Waals surface area contributed by atoms with Gasteiger partial charge in [0.15, 0.2) is 0 Å². The second-order valence-corrected chi connectivity index (χ2v) is 6.51. The van der Waals surface area contributed by atoms with E-state index in [1.54, 1.807) is 6.07 Å². The highest BCUT2D eigenvalue weighted by Crippen LogP contribution is 2.34. The SMILES string of the molecule is OB(O)Oc1ccc2c(c1)c1ccccc1n2-c1ccc2ccccc2c1. The molecule has 0 unspecified atom stereocenters. The van der Waals surface area contributed by atoms with E-state index in [0.717, 1.165) is 27.5 Å². The van der Waals surface area contributed by atoms with Crippen LogP contribution in [0.25, 0.3) is 38.3 Å². The number of aromatic nitrogens is 1. The molecule has 5 rings (SSSR count). The standard InChI is InChI=1S/C22H16BNO3/c25-23(26)27-18-11-12-22-20(14-18)19-7-3-4-8-21(19)24(22)17-10-9-15-5-1-2-6-16(15)13-17/h1-14,25-26H. The summed E-state index contributed by atoms with van der Waals surface area (Å²) in [5.74, 6) is 0.416. The highest BCUT2D eigenvalue weighted by Gasteiger charge is 2.15. The van der Waals surface area contributed by atoms with Gasteiger partial charge in [-0.2, -0.15) is 0 Å². The summed E-state index contributed by atoms with van der Waals surface area (Å²) < 4.78 is 7.26. The molecule has 27 heavy (non-hydrogen) atoms. The van der Waals surface area contributed by atoms with Gasteiger partial charge in [-0.1, -0.05) is 48.5 Å². The lowest BCUT2D eigenvalue weighted by molar-refractivity contribution is 0.288. The maximum atomic E-state index is 9.10. The normalized spacial score (nSPS) is 11.3. The molecule has 0 fully saturated rings. The van der Waals surface area contributed by atoms with Crippen LogP contribution in [0.4, 0.5) is 0 Å². The molecule has 0 saturated carbocycles. The van der Waals surface area contributed by atoms with Crippen LogP contribution in [0.5, 0.6) is 5.75 Å². The Kier molecular flexibility index (Phi) is 3.64. The van der Waals surface area contributed by atoms with Gasteiger partial charge in [-0.25, -0.2) is 0 Å². The van der Waals surface area contributed by atoms with Crippen LogP contribution in [-0.4, -0.2) is 21.9 Å². The molecular weight excluding hydrogens is 337 g/mol. The Bertz CT molecular complexity index is 1290. The van der Waals surface area contributed by atoms with E-state index in [2.05, 4.69) is 47.0 Å². The van der Waals surface area contributed by atoms with Gasteiger partial charge in [0.05, 0.1) is 11.0 Å². The second-order valence-electron chi connectivity index (χ2n) is 6.51. The molecular formula is C22H16BNO3. The fraction of sp³-hybridized carbons (Fsp3) is 0. The molecule has 0 aliphatic carbocycles. The monoisotopic (exact) mass is 353 g/mol. The molecule has 5 aromatic rings. The van der Waals surface area contributed by atoms with Crippen molar-refractivity contribution in [2.45, 2.75) is 0 Å². The Morgan fingerprint density at radius 3 is 2.26 bits per heavy atom. The van der Waals surface area contributed by atoms with Crippen LogP contribution in [0.1, 0.15) is 0 Å². The van der Waals surface area contributed by atoms with Crippen LogP contribution in [0, 0.1) is 0 Å². The van der Waals surface area contributed by atoms with E-state index in [1.165, 1.54) is 10.8 Å². The molecule has 5 heteroatoms. The summed E-state index contributed by atoms with van der Waals surface area (Å²) in [6, 6.07) is 28.4. The summed E-state index contributed by atoms with van der Waals surface area (Å²) in [4.78, 5) is 0. The van der Waals surface area contributed by atoms with Gasteiger partial charge in [0.2, 0.25) is 0 Å². The summed E-state index contributed by atoms with van der Waals surface area (Å²) in [5.41, 5.74) is 3.20. The number of hydrogen-bond acceptors (Lipinski definition) is 3. The molecule has 0 bridgehead atoms. The molecule has 2 N–H and O–H groups in total. The van der Waals surface area contributed by atoms with Gasteiger partial charge in [0.1, 0.15) is 5.75 Å². The fourth-order valence-corrected chi connectivity index (χ4v) is 3.74. The van der Waals surface area contributed by atoms with Gasteiger partial charge in [-0.15, -0.1) is 0 Å². The number of para-hydroxylation sites is 1. The first-order valence-electron chi connectivity index (χ1n) is 8.76. The van der Waals surface area contributed by atoms with E-state index < -0.39 is 7.32 Å². The molecule has 0 radical (unpaired) electrons. The predicted octanol–water partition coefficient (Wildman–Crippen LogP) is 4.29. The minimum absolute atomic E-state index is 0.416. The first-order chi connectivity index (χ1) is 13.2. The summed E-state index contributed by atoms with van der Waals surface area (Å²) in [5, 5.41) is 22.7. The summed E-state index contributed by atoms with van der Waals surface area (Å²) in [6.45, 7) is 0. The highest BCUT2D eigenvalue weighted by molar-refractivity contribution is 6.33. The summed E-state index contributed by atoms with van der Waals surface area (Å²) in [6.07, 6.45) is 0. The molecule has 4 nitrogen and oxygen atoms in total. The van der Waals surface area contributed by atoms with Crippen LogP contribution >= 0.6 is 0 Å². The van der Waals surface area contributed by atoms with Gasteiger partial charge in [-0.3, -0.25) is 0 Å². The van der Waals surface area contributed by atoms with E-state index in [1.807, 2.05) is 36.4 Å². The fourth-order valence-electron chi connectivity index (χ4n) is 3.74. The van der Waals surface area contributed by atoms with Gasteiger partial charge >= 0.3 is 7.32 Å². The smallest absolute Gasteiger partial charge is 0.512 e. The van der Waals surface area contributed by atoms with Crippen molar-refractivity contribution in [3.63, 3.8) is 0 Å². The van der Waals surface area contributed by atoms with Gasteiger partial charge in [-0.05, 0) is 47.2 Å². The molecule has 0 amide bonds. The van der Waals surface area contributed by atoms with Crippen LogP contribution in [-0.2, 0) is 0 Å². The van der Waals surface area contributed by atoms with E-state index in [9.17, 15) is 0 Å². The zero-order valence-corrected chi connectivity index (χ0v) is 14.4. The molecule has 1 heterocycles. The topological polar surface area (TPSA) is 54.6 Å². The highest BCUT2D eigenvalue weighted by atomic mass is 16.6. The van der Waals surface area contributed by atoms with Gasteiger partial charge < -0.3 is 19.3 Å². The zero-order chi connectivity index (χ0) is 18.4. The average molecular weight is 353 g/mol. The van der Waals surface area contributed by atoms with Crippen LogP contribution < -0.4 is 4.65 Å². The first-order valence-corrected chi connectivity index (χ1v) is 8.76. The van der Waals surface area contributed by atoms with Crippen molar-refractivity contribution in [1.82, 2.24) is 4.57 Å². The number of nitrogens with zero attached hydrogens (tertiary/aromatic N) is 1. The maximum Gasteiger partial charge on any atom is 0.707 e. The lowest BCUT2D eigenvalue weighted by Crippen LogP contribution is -2.20. The van der Waals surface area contributed by atoms with Crippen molar-refractivity contribution in [1.29, 1.82) is 0 Å². The second kappa shape index (κ2) is 6.16. The Hall–Kier alpha value is -3.28. The molecule has 0 spiro atoms. The van der Waals surface area contributed by atoms with Gasteiger partial charge in [0.25, 0.3) is 0 Å². The van der Waals surface area contributed by atoms with Crippen molar-refractivity contribution in [2.24, 2.45) is 0 Å². The molecule has 0 aliphatic rings. The largest absolute Gasteiger partial charge is 0.707 e. The van der Waals surface area contributed by atoms with E-state index in [0.29, 0.717) is 5.75 Å². The van der Waals surface area contributed by atoms with E-state index >= 15 is 0 Å². The number of fused-ring (bicyclic) bond motifs is 4. The van der Waals surface area contributed by atoms with Crippen molar-refractivity contribution in [2.75, 3.05) is 0 Å². The van der Waals surface area contributed by atoms with Crippen molar-refractivity contribution < 1.29 is 14.7 Å². The minimum atomic E-state index is -1.84. The first kappa shape index (κ1) is 15.9. The van der Waals surface area contributed by atoms with Crippen molar-refractivity contribution >= 4 is 39.9 Å². The Morgan fingerprint density at radius 1 is 0.667 bits per heavy atom. The molecule has 0 atom stereocenters. The van der Waals surface area contributed by atoms with Crippen LogP contribution in [0.3, 0.4) is 0 Å². The lowest BCUT2D eigenvalue weighted by atomic mass is 10.1. The Balaban J connectivity index is 1.81. The van der Waals surface area contributed by atoms with Crippen LogP contribution in [0.2, 0.25) is 0 Å². The van der Waals surface area contributed by atoms with Gasteiger partial charge in [0, 0.05) is 16.5 Å².